The van der Waals surface area contributed by atoms with Crippen LogP contribution >= 0.6 is 0 Å². The largest absolute Gasteiger partial charge is 0.385 e. The zero-order valence-corrected chi connectivity index (χ0v) is 11.8. The van der Waals surface area contributed by atoms with Crippen LogP contribution in [-0.4, -0.2) is 25.3 Å². The minimum atomic E-state index is 0.142. The second-order valence-electron chi connectivity index (χ2n) is 6.04. The van der Waals surface area contributed by atoms with Crippen molar-refractivity contribution in [2.75, 3.05) is 25.1 Å². The standard InChI is InChI=1S/C16H24N2O/c1-16(8-4-10-19-12-16)18-11-13-5-2-7-15-14(13)6-3-9-17-15/h2,5,7,17-18H,3-4,6,8-12H2,1H3. The zero-order valence-electron chi connectivity index (χ0n) is 11.8. The first kappa shape index (κ1) is 12.9. The van der Waals surface area contributed by atoms with Crippen LogP contribution in [0.25, 0.3) is 0 Å². The van der Waals surface area contributed by atoms with Crippen molar-refractivity contribution in [3.8, 4) is 0 Å². The fraction of sp³-hybridized carbons (Fsp3) is 0.625. The molecule has 1 unspecified atom stereocenters. The van der Waals surface area contributed by atoms with Gasteiger partial charge in [0.1, 0.15) is 0 Å². The van der Waals surface area contributed by atoms with Gasteiger partial charge in [0.25, 0.3) is 0 Å². The van der Waals surface area contributed by atoms with E-state index in [2.05, 4.69) is 35.8 Å². The minimum absolute atomic E-state index is 0.142. The van der Waals surface area contributed by atoms with Crippen LogP contribution in [0.3, 0.4) is 0 Å². The van der Waals surface area contributed by atoms with Gasteiger partial charge in [0.15, 0.2) is 0 Å². The number of rotatable bonds is 3. The number of nitrogens with one attached hydrogen (secondary N) is 2. The van der Waals surface area contributed by atoms with Crippen molar-refractivity contribution in [1.29, 1.82) is 0 Å². The van der Waals surface area contributed by atoms with E-state index in [9.17, 15) is 0 Å². The number of anilines is 1. The molecule has 0 spiro atoms. The SMILES string of the molecule is CC1(NCc2cccc3c2CCCN3)CCCOC1. The summed E-state index contributed by atoms with van der Waals surface area (Å²) in [5, 5.41) is 7.21. The molecule has 1 saturated heterocycles. The Bertz CT molecular complexity index is 438. The Morgan fingerprint density at radius 1 is 1.37 bits per heavy atom. The van der Waals surface area contributed by atoms with Crippen molar-refractivity contribution in [2.45, 2.75) is 44.7 Å². The first-order valence-electron chi connectivity index (χ1n) is 7.44. The molecule has 2 heterocycles. The predicted octanol–water partition coefficient (Wildman–Crippen LogP) is 2.70. The van der Waals surface area contributed by atoms with E-state index >= 15 is 0 Å². The van der Waals surface area contributed by atoms with Crippen LogP contribution in [0.5, 0.6) is 0 Å². The average Bonchev–Trinajstić information content (AvgIpc) is 2.46. The van der Waals surface area contributed by atoms with E-state index in [1.165, 1.54) is 36.1 Å². The second kappa shape index (κ2) is 5.51. The quantitative estimate of drug-likeness (QED) is 0.876. The maximum absolute atomic E-state index is 5.61. The molecule has 1 fully saturated rings. The topological polar surface area (TPSA) is 33.3 Å². The molecule has 1 aromatic carbocycles. The van der Waals surface area contributed by atoms with Crippen molar-refractivity contribution in [1.82, 2.24) is 5.32 Å². The highest BCUT2D eigenvalue weighted by molar-refractivity contribution is 5.56. The fourth-order valence-corrected chi connectivity index (χ4v) is 3.13. The summed E-state index contributed by atoms with van der Waals surface area (Å²) in [4.78, 5) is 0. The number of ether oxygens (including phenoxy) is 1. The van der Waals surface area contributed by atoms with Gasteiger partial charge in [0.2, 0.25) is 0 Å². The van der Waals surface area contributed by atoms with Crippen LogP contribution in [0, 0.1) is 0 Å². The lowest BCUT2D eigenvalue weighted by Crippen LogP contribution is -2.48. The van der Waals surface area contributed by atoms with E-state index in [1.807, 2.05) is 0 Å². The first-order valence-corrected chi connectivity index (χ1v) is 7.44. The molecule has 3 nitrogen and oxygen atoms in total. The molecule has 104 valence electrons. The lowest BCUT2D eigenvalue weighted by atomic mass is 9.93. The molecule has 2 aliphatic rings. The molecule has 0 radical (unpaired) electrons. The Kier molecular flexibility index (Phi) is 3.76. The van der Waals surface area contributed by atoms with Gasteiger partial charge in [-0.25, -0.2) is 0 Å². The van der Waals surface area contributed by atoms with Gasteiger partial charge >= 0.3 is 0 Å². The molecule has 1 aromatic rings. The number of hydrogen-bond acceptors (Lipinski definition) is 3. The lowest BCUT2D eigenvalue weighted by molar-refractivity contribution is 0.0277. The van der Waals surface area contributed by atoms with Crippen LogP contribution < -0.4 is 10.6 Å². The van der Waals surface area contributed by atoms with Gasteiger partial charge in [-0.3, -0.25) is 0 Å². The molecule has 0 saturated carbocycles. The maximum Gasteiger partial charge on any atom is 0.0645 e. The van der Waals surface area contributed by atoms with Crippen molar-refractivity contribution in [3.05, 3.63) is 29.3 Å². The molecular formula is C16H24N2O. The van der Waals surface area contributed by atoms with E-state index in [4.69, 9.17) is 4.74 Å². The van der Waals surface area contributed by atoms with Crippen molar-refractivity contribution < 1.29 is 4.74 Å². The Labute approximate surface area is 115 Å². The summed E-state index contributed by atoms with van der Waals surface area (Å²) in [6.07, 6.45) is 4.82. The molecule has 0 aromatic heterocycles. The highest BCUT2D eigenvalue weighted by Gasteiger charge is 2.27. The van der Waals surface area contributed by atoms with E-state index in [-0.39, 0.29) is 5.54 Å². The number of benzene rings is 1. The van der Waals surface area contributed by atoms with E-state index in [1.54, 1.807) is 0 Å². The van der Waals surface area contributed by atoms with Crippen LogP contribution in [0.15, 0.2) is 18.2 Å². The highest BCUT2D eigenvalue weighted by Crippen LogP contribution is 2.26. The molecule has 1 atom stereocenters. The maximum atomic E-state index is 5.61. The molecule has 0 aliphatic carbocycles. The van der Waals surface area contributed by atoms with Crippen molar-refractivity contribution in [3.63, 3.8) is 0 Å². The Morgan fingerprint density at radius 2 is 2.32 bits per heavy atom. The molecule has 0 bridgehead atoms. The van der Waals surface area contributed by atoms with Gasteiger partial charge in [-0.1, -0.05) is 12.1 Å². The Hall–Kier alpha value is -1.06. The van der Waals surface area contributed by atoms with Crippen LogP contribution in [-0.2, 0) is 17.7 Å². The highest BCUT2D eigenvalue weighted by atomic mass is 16.5. The Balaban J connectivity index is 1.69. The second-order valence-corrected chi connectivity index (χ2v) is 6.04. The van der Waals surface area contributed by atoms with Crippen LogP contribution in [0.1, 0.15) is 37.3 Å². The van der Waals surface area contributed by atoms with Gasteiger partial charge in [0, 0.05) is 30.9 Å². The molecule has 0 amide bonds. The summed E-state index contributed by atoms with van der Waals surface area (Å²) in [6.45, 7) is 6.09. The molecule has 2 N–H and O–H groups in total. The molecular weight excluding hydrogens is 236 g/mol. The predicted molar refractivity (Wildman–Crippen MR) is 78.6 cm³/mol. The lowest BCUT2D eigenvalue weighted by Gasteiger charge is -2.35. The summed E-state index contributed by atoms with van der Waals surface area (Å²) in [5.74, 6) is 0. The van der Waals surface area contributed by atoms with Crippen LogP contribution in [0.2, 0.25) is 0 Å². The molecule has 2 aliphatic heterocycles. The molecule has 3 heteroatoms. The minimum Gasteiger partial charge on any atom is -0.385 e. The van der Waals surface area contributed by atoms with E-state index in [0.29, 0.717) is 0 Å². The van der Waals surface area contributed by atoms with E-state index in [0.717, 1.165) is 32.7 Å². The monoisotopic (exact) mass is 260 g/mol. The number of hydrogen-bond donors (Lipinski definition) is 2. The van der Waals surface area contributed by atoms with Gasteiger partial charge < -0.3 is 15.4 Å². The summed E-state index contributed by atoms with van der Waals surface area (Å²) in [5.41, 5.74) is 4.41. The zero-order chi connectivity index (χ0) is 13.1. The van der Waals surface area contributed by atoms with Gasteiger partial charge in [-0.05, 0) is 49.8 Å². The fourth-order valence-electron chi connectivity index (χ4n) is 3.13. The van der Waals surface area contributed by atoms with Crippen molar-refractivity contribution >= 4 is 5.69 Å². The van der Waals surface area contributed by atoms with Gasteiger partial charge in [-0.15, -0.1) is 0 Å². The normalized spacial score (nSPS) is 26.6. The smallest absolute Gasteiger partial charge is 0.0645 e. The Morgan fingerprint density at radius 3 is 3.16 bits per heavy atom. The third-order valence-corrected chi connectivity index (χ3v) is 4.34. The van der Waals surface area contributed by atoms with Crippen molar-refractivity contribution in [2.24, 2.45) is 0 Å². The summed E-state index contributed by atoms with van der Waals surface area (Å²) in [7, 11) is 0. The third-order valence-electron chi connectivity index (χ3n) is 4.34. The third kappa shape index (κ3) is 2.93. The first-order chi connectivity index (χ1) is 9.27. The number of fused-ring (bicyclic) bond motifs is 1. The van der Waals surface area contributed by atoms with Gasteiger partial charge in [-0.2, -0.15) is 0 Å². The summed E-state index contributed by atoms with van der Waals surface area (Å²) >= 11 is 0. The molecule has 3 rings (SSSR count). The van der Waals surface area contributed by atoms with Crippen LogP contribution in [0.4, 0.5) is 5.69 Å². The summed E-state index contributed by atoms with van der Waals surface area (Å²) in [6, 6.07) is 6.61. The average molecular weight is 260 g/mol. The summed E-state index contributed by atoms with van der Waals surface area (Å²) < 4.78 is 5.61. The van der Waals surface area contributed by atoms with E-state index < -0.39 is 0 Å². The molecule has 19 heavy (non-hydrogen) atoms. The van der Waals surface area contributed by atoms with Gasteiger partial charge in [0.05, 0.1) is 6.61 Å².